The summed E-state index contributed by atoms with van der Waals surface area (Å²) in [5, 5.41) is 4.89. The Kier molecular flexibility index (Phi) is 5.87. The Hall–Kier alpha value is -0.660. The van der Waals surface area contributed by atoms with Crippen molar-refractivity contribution in [3.05, 3.63) is 22.9 Å². The Labute approximate surface area is 110 Å². The molecule has 0 aliphatic heterocycles. The van der Waals surface area contributed by atoms with Crippen LogP contribution in [-0.2, 0) is 10.0 Å². The van der Waals surface area contributed by atoms with Gasteiger partial charge in [0.15, 0.2) is 0 Å². The minimum Gasteiger partial charge on any atom is -0.492 e. The molecular weight excluding hydrogens is 308 g/mol. The van der Waals surface area contributed by atoms with Gasteiger partial charge in [-0.2, -0.15) is 0 Å². The molecule has 0 amide bonds. The van der Waals surface area contributed by atoms with Crippen molar-refractivity contribution in [2.45, 2.75) is 19.3 Å². The lowest BCUT2D eigenvalue weighted by Gasteiger charge is -2.05. The topological polar surface area (TPSA) is 82.3 Å². The summed E-state index contributed by atoms with van der Waals surface area (Å²) in [4.78, 5) is 3.96. The lowest BCUT2D eigenvalue weighted by atomic mass is 10.3. The molecule has 0 unspecified atom stereocenters. The van der Waals surface area contributed by atoms with Gasteiger partial charge >= 0.3 is 0 Å². The monoisotopic (exact) mass is 322 g/mol. The molecule has 1 aromatic heterocycles. The molecule has 1 rings (SSSR count). The normalized spacial score (nSPS) is 11.4. The van der Waals surface area contributed by atoms with Gasteiger partial charge in [-0.1, -0.05) is 0 Å². The van der Waals surface area contributed by atoms with E-state index in [2.05, 4.69) is 20.9 Å². The van der Waals surface area contributed by atoms with E-state index < -0.39 is 10.0 Å². The maximum atomic E-state index is 10.7. The molecule has 0 bridgehead atoms. The fourth-order valence-corrected chi connectivity index (χ4v) is 2.19. The highest BCUT2D eigenvalue weighted by Gasteiger charge is 2.01. The third-order valence-electron chi connectivity index (χ3n) is 2.02. The van der Waals surface area contributed by atoms with Crippen molar-refractivity contribution < 1.29 is 13.2 Å². The minimum atomic E-state index is -3.33. The highest BCUT2D eigenvalue weighted by Crippen LogP contribution is 2.16. The number of rotatable bonds is 7. The molecule has 0 fully saturated rings. The predicted molar refractivity (Wildman–Crippen MR) is 69.3 cm³/mol. The zero-order chi connectivity index (χ0) is 12.7. The smallest absolute Gasteiger partial charge is 0.209 e. The summed E-state index contributed by atoms with van der Waals surface area (Å²) in [5.41, 5.74) is 0. The van der Waals surface area contributed by atoms with E-state index in [0.717, 1.165) is 17.3 Å². The van der Waals surface area contributed by atoms with Crippen molar-refractivity contribution in [2.24, 2.45) is 5.14 Å². The van der Waals surface area contributed by atoms with Crippen LogP contribution in [0.2, 0.25) is 0 Å². The van der Waals surface area contributed by atoms with E-state index in [0.29, 0.717) is 18.8 Å². The molecule has 0 aliphatic rings. The molecular formula is C10H15BrN2O3S. The van der Waals surface area contributed by atoms with Crippen LogP contribution in [0.15, 0.2) is 22.9 Å². The van der Waals surface area contributed by atoms with E-state index in [1.54, 1.807) is 12.4 Å². The first-order valence-electron chi connectivity index (χ1n) is 5.21. The lowest BCUT2D eigenvalue weighted by Crippen LogP contribution is -2.16. The SMILES string of the molecule is NS(=O)(=O)CCCCCOc1cncc(Br)c1. The summed E-state index contributed by atoms with van der Waals surface area (Å²) >= 11 is 3.29. The van der Waals surface area contributed by atoms with Crippen LogP contribution in [0.3, 0.4) is 0 Å². The Morgan fingerprint density at radius 3 is 2.71 bits per heavy atom. The summed E-state index contributed by atoms with van der Waals surface area (Å²) < 4.78 is 27.6. The fraction of sp³-hybridized carbons (Fsp3) is 0.500. The van der Waals surface area contributed by atoms with Crippen LogP contribution in [0, 0.1) is 0 Å². The van der Waals surface area contributed by atoms with Gasteiger partial charge in [-0.05, 0) is 41.3 Å². The number of aromatic nitrogens is 1. The van der Waals surface area contributed by atoms with Crippen LogP contribution in [0.1, 0.15) is 19.3 Å². The number of ether oxygens (including phenoxy) is 1. The molecule has 7 heteroatoms. The molecule has 0 aromatic carbocycles. The van der Waals surface area contributed by atoms with Gasteiger partial charge in [0.1, 0.15) is 5.75 Å². The van der Waals surface area contributed by atoms with Crippen LogP contribution in [0.5, 0.6) is 5.75 Å². The van der Waals surface area contributed by atoms with Gasteiger partial charge in [0, 0.05) is 10.7 Å². The second-order valence-electron chi connectivity index (χ2n) is 3.61. The molecule has 5 nitrogen and oxygen atoms in total. The van der Waals surface area contributed by atoms with E-state index in [4.69, 9.17) is 9.88 Å². The molecule has 17 heavy (non-hydrogen) atoms. The van der Waals surface area contributed by atoms with Crippen LogP contribution >= 0.6 is 15.9 Å². The summed E-state index contributed by atoms with van der Waals surface area (Å²) in [5.74, 6) is 0.733. The molecule has 96 valence electrons. The van der Waals surface area contributed by atoms with Crippen molar-refractivity contribution in [2.75, 3.05) is 12.4 Å². The van der Waals surface area contributed by atoms with E-state index in [1.165, 1.54) is 0 Å². The van der Waals surface area contributed by atoms with Crippen LogP contribution < -0.4 is 9.88 Å². The molecule has 2 N–H and O–H groups in total. The second-order valence-corrected chi connectivity index (χ2v) is 6.26. The summed E-state index contributed by atoms with van der Waals surface area (Å²) in [6.07, 6.45) is 5.45. The molecule has 0 saturated carbocycles. The largest absolute Gasteiger partial charge is 0.492 e. The number of hydrogen-bond acceptors (Lipinski definition) is 4. The Bertz CT molecular complexity index is 451. The number of halogens is 1. The van der Waals surface area contributed by atoms with Crippen LogP contribution in [-0.4, -0.2) is 25.8 Å². The third kappa shape index (κ3) is 7.30. The van der Waals surface area contributed by atoms with Crippen molar-refractivity contribution in [1.82, 2.24) is 4.98 Å². The second kappa shape index (κ2) is 6.93. The van der Waals surface area contributed by atoms with E-state index in [1.807, 2.05) is 6.07 Å². The molecule has 0 spiro atoms. The Morgan fingerprint density at radius 1 is 1.29 bits per heavy atom. The number of unbranched alkanes of at least 4 members (excludes halogenated alkanes) is 2. The minimum absolute atomic E-state index is 0.0332. The first kappa shape index (κ1) is 14.4. The number of primary sulfonamides is 1. The Balaban J connectivity index is 2.13. The van der Waals surface area contributed by atoms with Crippen molar-refractivity contribution in [3.63, 3.8) is 0 Å². The van der Waals surface area contributed by atoms with E-state index >= 15 is 0 Å². The highest BCUT2D eigenvalue weighted by atomic mass is 79.9. The van der Waals surface area contributed by atoms with E-state index in [-0.39, 0.29) is 5.75 Å². The van der Waals surface area contributed by atoms with Crippen LogP contribution in [0.25, 0.3) is 0 Å². The average Bonchev–Trinajstić information content (AvgIpc) is 2.22. The van der Waals surface area contributed by atoms with Crippen molar-refractivity contribution in [1.29, 1.82) is 0 Å². The lowest BCUT2D eigenvalue weighted by molar-refractivity contribution is 0.305. The number of pyridine rings is 1. The van der Waals surface area contributed by atoms with Gasteiger partial charge in [0.05, 0.1) is 18.6 Å². The quantitative estimate of drug-likeness (QED) is 0.774. The van der Waals surface area contributed by atoms with Gasteiger partial charge < -0.3 is 4.74 Å². The van der Waals surface area contributed by atoms with Crippen LogP contribution in [0.4, 0.5) is 0 Å². The summed E-state index contributed by atoms with van der Waals surface area (Å²) in [6, 6.07) is 1.83. The molecule has 0 aliphatic carbocycles. The zero-order valence-electron chi connectivity index (χ0n) is 9.30. The van der Waals surface area contributed by atoms with Gasteiger partial charge in [0.2, 0.25) is 10.0 Å². The van der Waals surface area contributed by atoms with Crippen molar-refractivity contribution >= 4 is 26.0 Å². The first-order valence-corrected chi connectivity index (χ1v) is 7.72. The van der Waals surface area contributed by atoms with Gasteiger partial charge in [-0.25, -0.2) is 13.6 Å². The molecule has 0 saturated heterocycles. The molecule has 0 radical (unpaired) electrons. The number of hydrogen-bond donors (Lipinski definition) is 1. The predicted octanol–water partition coefficient (Wildman–Crippen LogP) is 1.68. The molecule has 1 aromatic rings. The zero-order valence-corrected chi connectivity index (χ0v) is 11.7. The van der Waals surface area contributed by atoms with Gasteiger partial charge in [-0.3, -0.25) is 4.98 Å². The molecule has 0 atom stereocenters. The molecule has 1 heterocycles. The summed E-state index contributed by atoms with van der Waals surface area (Å²) in [7, 11) is -3.33. The standard InChI is InChI=1S/C10H15BrN2O3S/c11-9-6-10(8-13-7-9)16-4-2-1-3-5-17(12,14)15/h6-8H,1-5H2,(H2,12,14,15). The third-order valence-corrected chi connectivity index (χ3v) is 3.31. The van der Waals surface area contributed by atoms with E-state index in [9.17, 15) is 8.42 Å². The maximum absolute atomic E-state index is 10.7. The summed E-state index contributed by atoms with van der Waals surface area (Å²) in [6.45, 7) is 0.544. The number of sulfonamides is 1. The fourth-order valence-electron chi connectivity index (χ4n) is 1.24. The average molecular weight is 323 g/mol. The number of nitrogens with two attached hydrogens (primary N) is 1. The highest BCUT2D eigenvalue weighted by molar-refractivity contribution is 9.10. The van der Waals surface area contributed by atoms with Gasteiger partial charge in [0.25, 0.3) is 0 Å². The maximum Gasteiger partial charge on any atom is 0.209 e. The van der Waals surface area contributed by atoms with Crippen molar-refractivity contribution in [3.8, 4) is 5.75 Å². The first-order chi connectivity index (χ1) is 7.97. The Morgan fingerprint density at radius 2 is 2.06 bits per heavy atom. The number of nitrogens with zero attached hydrogens (tertiary/aromatic N) is 1. The van der Waals surface area contributed by atoms with Gasteiger partial charge in [-0.15, -0.1) is 0 Å².